The van der Waals surface area contributed by atoms with Crippen LogP contribution in [0.15, 0.2) is 12.1 Å². The van der Waals surface area contributed by atoms with E-state index in [2.05, 4.69) is 34.7 Å². The van der Waals surface area contributed by atoms with Crippen molar-refractivity contribution in [3.63, 3.8) is 0 Å². The van der Waals surface area contributed by atoms with Crippen LogP contribution in [0.5, 0.6) is 0 Å². The predicted octanol–water partition coefficient (Wildman–Crippen LogP) is 2.85. The summed E-state index contributed by atoms with van der Waals surface area (Å²) in [5.41, 5.74) is 0.594. The van der Waals surface area contributed by atoms with Gasteiger partial charge in [-0.3, -0.25) is 4.79 Å². The van der Waals surface area contributed by atoms with Crippen molar-refractivity contribution in [1.82, 2.24) is 15.5 Å². The summed E-state index contributed by atoms with van der Waals surface area (Å²) in [5, 5.41) is 13.9. The number of hydrogen-bond acceptors (Lipinski definition) is 4. The van der Waals surface area contributed by atoms with Gasteiger partial charge in [0.05, 0.1) is 0 Å². The second kappa shape index (κ2) is 6.87. The normalized spacial score (nSPS) is 16.5. The van der Waals surface area contributed by atoms with Crippen LogP contribution < -0.4 is 10.6 Å². The van der Waals surface area contributed by atoms with Gasteiger partial charge in [0, 0.05) is 13.6 Å². The fourth-order valence-corrected chi connectivity index (χ4v) is 3.02. The number of anilines is 1. The third-order valence-corrected chi connectivity index (χ3v) is 4.56. The van der Waals surface area contributed by atoms with Crippen molar-refractivity contribution in [2.24, 2.45) is 11.3 Å². The van der Waals surface area contributed by atoms with Gasteiger partial charge in [-0.25, -0.2) is 0 Å². The molecule has 1 saturated carbocycles. The topological polar surface area (TPSA) is 66.9 Å². The minimum absolute atomic E-state index is 0.211. The molecule has 0 aliphatic heterocycles. The molecule has 1 amide bonds. The molecular formula is C16H26N4O. The fourth-order valence-electron chi connectivity index (χ4n) is 3.02. The number of hydrogen-bond donors (Lipinski definition) is 2. The molecule has 0 aromatic carbocycles. The molecule has 5 heteroatoms. The molecule has 1 aliphatic rings. The Labute approximate surface area is 126 Å². The molecule has 1 aromatic rings. The molecule has 1 aromatic heterocycles. The zero-order valence-corrected chi connectivity index (χ0v) is 13.3. The van der Waals surface area contributed by atoms with Crippen LogP contribution in [0.3, 0.4) is 0 Å². The van der Waals surface area contributed by atoms with Gasteiger partial charge in [0.25, 0.3) is 5.91 Å². The molecule has 1 heterocycles. The molecule has 1 aliphatic carbocycles. The molecule has 21 heavy (non-hydrogen) atoms. The second-order valence-corrected chi connectivity index (χ2v) is 6.56. The average Bonchev–Trinajstić information content (AvgIpc) is 2.53. The Kier molecular flexibility index (Phi) is 5.15. The van der Waals surface area contributed by atoms with Crippen LogP contribution in [-0.2, 0) is 0 Å². The second-order valence-electron chi connectivity index (χ2n) is 6.56. The summed E-state index contributed by atoms with van der Waals surface area (Å²) in [6.45, 7) is 5.52. The molecule has 0 unspecified atom stereocenters. The standard InChI is InChI=1S/C16H26N4O/c1-16(2,12-7-5-4-6-8-12)11-18-14-10-9-13(19-20-14)15(21)17-3/h9-10,12H,4-8,11H2,1-3H3,(H,17,21)(H,18,20). The summed E-state index contributed by atoms with van der Waals surface area (Å²) in [4.78, 5) is 11.4. The lowest BCUT2D eigenvalue weighted by atomic mass is 9.71. The largest absolute Gasteiger partial charge is 0.368 e. The van der Waals surface area contributed by atoms with Crippen LogP contribution in [0.1, 0.15) is 56.4 Å². The molecule has 2 rings (SSSR count). The van der Waals surface area contributed by atoms with Crippen LogP contribution in [0.4, 0.5) is 5.82 Å². The number of carbonyl (C=O) groups is 1. The molecule has 0 radical (unpaired) electrons. The third kappa shape index (κ3) is 4.16. The highest BCUT2D eigenvalue weighted by Crippen LogP contribution is 2.38. The van der Waals surface area contributed by atoms with Gasteiger partial charge in [-0.2, -0.15) is 0 Å². The van der Waals surface area contributed by atoms with Gasteiger partial charge in [0.1, 0.15) is 5.82 Å². The number of nitrogens with zero attached hydrogens (tertiary/aromatic N) is 2. The summed E-state index contributed by atoms with van der Waals surface area (Å²) in [6.07, 6.45) is 6.75. The van der Waals surface area contributed by atoms with E-state index in [4.69, 9.17) is 0 Å². The Hall–Kier alpha value is -1.65. The lowest BCUT2D eigenvalue weighted by Gasteiger charge is -2.37. The minimum Gasteiger partial charge on any atom is -0.368 e. The van der Waals surface area contributed by atoms with Crippen molar-refractivity contribution < 1.29 is 4.79 Å². The van der Waals surface area contributed by atoms with Crippen molar-refractivity contribution in [1.29, 1.82) is 0 Å². The zero-order chi connectivity index (χ0) is 15.3. The highest BCUT2D eigenvalue weighted by Gasteiger charge is 2.30. The quantitative estimate of drug-likeness (QED) is 0.875. The van der Waals surface area contributed by atoms with Crippen molar-refractivity contribution in [2.45, 2.75) is 46.0 Å². The zero-order valence-electron chi connectivity index (χ0n) is 13.3. The first-order valence-electron chi connectivity index (χ1n) is 7.82. The summed E-state index contributed by atoms with van der Waals surface area (Å²) >= 11 is 0. The Morgan fingerprint density at radius 3 is 2.52 bits per heavy atom. The van der Waals surface area contributed by atoms with E-state index in [1.54, 1.807) is 13.1 Å². The molecule has 2 N–H and O–H groups in total. The van der Waals surface area contributed by atoms with Gasteiger partial charge < -0.3 is 10.6 Å². The SMILES string of the molecule is CNC(=O)c1ccc(NCC(C)(C)C2CCCCC2)nn1. The van der Waals surface area contributed by atoms with Crippen molar-refractivity contribution in [3.8, 4) is 0 Å². The summed E-state index contributed by atoms with van der Waals surface area (Å²) in [5.74, 6) is 1.29. The maximum atomic E-state index is 11.4. The molecule has 1 fully saturated rings. The molecule has 0 saturated heterocycles. The molecule has 0 bridgehead atoms. The summed E-state index contributed by atoms with van der Waals surface area (Å²) < 4.78 is 0. The van der Waals surface area contributed by atoms with Gasteiger partial charge in [-0.15, -0.1) is 10.2 Å². The first kappa shape index (κ1) is 15.7. The fraction of sp³-hybridized carbons (Fsp3) is 0.688. The average molecular weight is 290 g/mol. The van der Waals surface area contributed by atoms with Gasteiger partial charge >= 0.3 is 0 Å². The monoisotopic (exact) mass is 290 g/mol. The number of aromatic nitrogens is 2. The molecule has 5 nitrogen and oxygen atoms in total. The Bertz CT molecular complexity index is 464. The number of rotatable bonds is 5. The van der Waals surface area contributed by atoms with Gasteiger partial charge in [-0.05, 0) is 36.3 Å². The first-order chi connectivity index (χ1) is 10.0. The van der Waals surface area contributed by atoms with Gasteiger partial charge in [0.2, 0.25) is 0 Å². The molecule has 116 valence electrons. The lowest BCUT2D eigenvalue weighted by molar-refractivity contribution is 0.0957. The van der Waals surface area contributed by atoms with E-state index in [9.17, 15) is 4.79 Å². The van der Waals surface area contributed by atoms with Crippen molar-refractivity contribution >= 4 is 11.7 Å². The van der Waals surface area contributed by atoms with Crippen molar-refractivity contribution in [2.75, 3.05) is 18.9 Å². The van der Waals surface area contributed by atoms with Crippen LogP contribution in [0.25, 0.3) is 0 Å². The highest BCUT2D eigenvalue weighted by atomic mass is 16.1. The summed E-state index contributed by atoms with van der Waals surface area (Å²) in [7, 11) is 1.59. The molecule has 0 atom stereocenters. The van der Waals surface area contributed by atoms with Crippen LogP contribution in [0.2, 0.25) is 0 Å². The van der Waals surface area contributed by atoms with Crippen LogP contribution in [0, 0.1) is 11.3 Å². The predicted molar refractivity (Wildman–Crippen MR) is 84.3 cm³/mol. The molecule has 0 spiro atoms. The van der Waals surface area contributed by atoms with Gasteiger partial charge in [0.15, 0.2) is 5.69 Å². The van der Waals surface area contributed by atoms with E-state index in [0.717, 1.165) is 18.3 Å². The Balaban J connectivity index is 1.91. The van der Waals surface area contributed by atoms with Crippen LogP contribution in [-0.4, -0.2) is 29.7 Å². The Morgan fingerprint density at radius 1 is 1.24 bits per heavy atom. The van der Waals surface area contributed by atoms with Crippen LogP contribution >= 0.6 is 0 Å². The van der Waals surface area contributed by atoms with E-state index in [-0.39, 0.29) is 11.3 Å². The smallest absolute Gasteiger partial charge is 0.271 e. The van der Waals surface area contributed by atoms with E-state index in [0.29, 0.717) is 5.69 Å². The summed E-state index contributed by atoms with van der Waals surface area (Å²) in [6, 6.07) is 3.51. The third-order valence-electron chi connectivity index (χ3n) is 4.56. The first-order valence-corrected chi connectivity index (χ1v) is 7.82. The minimum atomic E-state index is -0.211. The number of amides is 1. The van der Waals surface area contributed by atoms with E-state index in [1.807, 2.05) is 6.07 Å². The number of carbonyl (C=O) groups excluding carboxylic acids is 1. The molecular weight excluding hydrogens is 264 g/mol. The number of nitrogens with one attached hydrogen (secondary N) is 2. The van der Waals surface area contributed by atoms with Gasteiger partial charge in [-0.1, -0.05) is 33.1 Å². The maximum absolute atomic E-state index is 11.4. The highest BCUT2D eigenvalue weighted by molar-refractivity contribution is 5.91. The van der Waals surface area contributed by atoms with E-state index < -0.39 is 0 Å². The van der Waals surface area contributed by atoms with E-state index in [1.165, 1.54) is 32.1 Å². The van der Waals surface area contributed by atoms with E-state index >= 15 is 0 Å². The Morgan fingerprint density at radius 2 is 1.95 bits per heavy atom. The van der Waals surface area contributed by atoms with Crippen molar-refractivity contribution in [3.05, 3.63) is 17.8 Å². The lowest BCUT2D eigenvalue weighted by Crippen LogP contribution is -2.33. The maximum Gasteiger partial charge on any atom is 0.271 e.